The van der Waals surface area contributed by atoms with E-state index in [1.54, 1.807) is 0 Å². The molecule has 1 N–H and O–H groups in total. The number of aromatic nitrogens is 1. The first-order valence-corrected chi connectivity index (χ1v) is 17.6. The smallest absolute Gasteiger partial charge is 0.454 e. The molecule has 0 amide bonds. The van der Waals surface area contributed by atoms with Crippen LogP contribution < -0.4 is 0 Å². The number of fused-ring (bicyclic) bond motifs is 2. The molecule has 0 aliphatic carbocycles. The maximum Gasteiger partial charge on any atom is 0.454 e. The second-order valence-corrected chi connectivity index (χ2v) is 15.7. The van der Waals surface area contributed by atoms with Gasteiger partial charge in [-0.15, -0.1) is 40.5 Å². The molecule has 0 bridgehead atoms. The van der Waals surface area contributed by atoms with Crippen molar-refractivity contribution in [3.8, 4) is 21.7 Å². The van der Waals surface area contributed by atoms with Gasteiger partial charge in [0.25, 0.3) is 5.78 Å². The molecule has 5 rings (SSSR count). The number of carbonyl (C=O) groups is 1. The second kappa shape index (κ2) is 16.2. The van der Waals surface area contributed by atoms with Gasteiger partial charge in [-0.25, -0.2) is 4.39 Å². The van der Waals surface area contributed by atoms with Gasteiger partial charge in [-0.3, -0.25) is 9.78 Å². The number of nitrogens with zero attached hydrogens (tertiary/aromatic N) is 1. The molecular weight excluding hydrogens is 953 g/mol. The van der Waals surface area contributed by atoms with Crippen LogP contribution in [0, 0.1) is 39.7 Å². The molecule has 0 fully saturated rings. The number of aliphatic hydroxyl groups is 1. The summed E-state index contributed by atoms with van der Waals surface area (Å²) in [5, 5.41) is 9.99. The molecule has 3 nitrogen and oxygen atoms in total. The number of rotatable bonds is 5. The van der Waals surface area contributed by atoms with Gasteiger partial charge in [0.15, 0.2) is 0 Å². The number of hydrogen-bond donors (Lipinski definition) is 1. The van der Waals surface area contributed by atoms with Crippen molar-refractivity contribution in [2.75, 3.05) is 0 Å². The molecule has 0 saturated carbocycles. The van der Waals surface area contributed by atoms with Crippen LogP contribution in [0.25, 0.3) is 42.6 Å². The van der Waals surface area contributed by atoms with Crippen LogP contribution >= 0.6 is 11.3 Å². The summed E-state index contributed by atoms with van der Waals surface area (Å²) >= 11 is 1.02. The predicted octanol–water partition coefficient (Wildman–Crippen LogP) is 13.6. The number of benzene rings is 3. The fourth-order valence-electron chi connectivity index (χ4n) is 6.31. The summed E-state index contributed by atoms with van der Waals surface area (Å²) in [5.41, 5.74) is -2.75. The molecule has 0 unspecified atom stereocenters. The Hall–Kier alpha value is -3.81. The van der Waals surface area contributed by atoms with Gasteiger partial charge >= 0.3 is 24.2 Å². The molecule has 305 valence electrons. The van der Waals surface area contributed by atoms with E-state index >= 15 is 4.39 Å². The number of pyridine rings is 1. The van der Waals surface area contributed by atoms with E-state index < -0.39 is 52.6 Å². The minimum Gasteiger partial charge on any atom is -0.512 e. The van der Waals surface area contributed by atoms with Crippen molar-refractivity contribution in [2.24, 2.45) is 5.92 Å². The Bertz CT molecular complexity index is 2260. The summed E-state index contributed by atoms with van der Waals surface area (Å²) in [7, 11) is 0. The number of ketones is 1. The number of hydrogen-bond acceptors (Lipinski definition) is 4. The normalized spacial score (nSPS) is 13.2. The monoisotopic (exact) mass is 991 g/mol. The van der Waals surface area contributed by atoms with E-state index in [4.69, 9.17) is 5.11 Å². The Balaban J connectivity index is 0.000000560. The van der Waals surface area contributed by atoms with E-state index in [0.29, 0.717) is 27.6 Å². The summed E-state index contributed by atoms with van der Waals surface area (Å²) in [5.74, 6) is -3.07. The number of aliphatic hydroxyl groups excluding tert-OH is 1. The van der Waals surface area contributed by atoms with Crippen LogP contribution in [-0.2, 0) is 36.0 Å². The van der Waals surface area contributed by atoms with Crippen molar-refractivity contribution >= 4 is 38.0 Å². The van der Waals surface area contributed by atoms with Gasteiger partial charge in [-0.1, -0.05) is 81.5 Å². The molecule has 0 spiro atoms. The maximum absolute atomic E-state index is 15.7. The average Bonchev–Trinajstić information content (AvgIpc) is 3.37. The second-order valence-electron chi connectivity index (χ2n) is 14.7. The van der Waals surface area contributed by atoms with Crippen molar-refractivity contribution in [3.63, 3.8) is 0 Å². The van der Waals surface area contributed by atoms with Crippen LogP contribution in [0.2, 0.25) is 0 Å². The van der Waals surface area contributed by atoms with E-state index in [9.17, 15) is 44.3 Å². The summed E-state index contributed by atoms with van der Waals surface area (Å²) < 4.78 is 135. The quantitative estimate of drug-likeness (QED) is 0.0826. The number of aryl methyl sites for hydroxylation is 4. The van der Waals surface area contributed by atoms with E-state index in [2.05, 4.69) is 11.1 Å². The minimum atomic E-state index is -6.28. The fourth-order valence-corrected chi connectivity index (χ4v) is 7.82. The molecule has 0 atom stereocenters. The van der Waals surface area contributed by atoms with Crippen molar-refractivity contribution < 1.29 is 73.9 Å². The van der Waals surface area contributed by atoms with Crippen LogP contribution in [0.5, 0.6) is 0 Å². The number of alkyl halides is 10. The predicted molar refractivity (Wildman–Crippen MR) is 196 cm³/mol. The van der Waals surface area contributed by atoms with Crippen LogP contribution in [0.15, 0.2) is 60.5 Å². The Morgan fingerprint density at radius 3 is 1.86 bits per heavy atom. The molecule has 0 aliphatic heterocycles. The topological polar surface area (TPSA) is 50.2 Å². The standard InChI is InChI=1S/C34H29F7NS.C7H9F3O2.Ir/c1-17-12-18(2)26(19(3)13-17)29-20(4)27-25(32(35,33(36,37)38)34(39,40)41)16-42-28(30(27)43-29)22-14-21-10-8-9-11-23(21)24(15-22)31(5,6)7;1-4(2)5(11)3-6(12)7(8,9)10;/h8-13,15-16H,1-7H3;3-4,11H,1-2H3;/q-1;;/b;5-3-;. The molecule has 2 aromatic heterocycles. The van der Waals surface area contributed by atoms with Gasteiger partial charge in [0.1, 0.15) is 0 Å². The summed E-state index contributed by atoms with van der Waals surface area (Å²) in [6, 6.07) is 16.3. The molecule has 0 aliphatic rings. The third kappa shape index (κ3) is 9.00. The zero-order valence-electron chi connectivity index (χ0n) is 31.6. The number of carbonyl (C=O) groups excluding carboxylic acids is 1. The summed E-state index contributed by atoms with van der Waals surface area (Å²) in [4.78, 5) is 14.8. The maximum atomic E-state index is 15.7. The van der Waals surface area contributed by atoms with Gasteiger partial charge in [-0.2, -0.15) is 39.5 Å². The van der Waals surface area contributed by atoms with Crippen molar-refractivity contribution in [1.29, 1.82) is 0 Å². The number of thiophene rings is 1. The molecule has 3 aromatic carbocycles. The van der Waals surface area contributed by atoms with Crippen molar-refractivity contribution in [3.05, 3.63) is 99.9 Å². The minimum absolute atomic E-state index is 0. The average molecular weight is 991 g/mol. The molecule has 0 saturated heterocycles. The van der Waals surface area contributed by atoms with Crippen LogP contribution in [0.4, 0.5) is 43.9 Å². The van der Waals surface area contributed by atoms with Crippen LogP contribution in [0.1, 0.15) is 68.0 Å². The third-order valence-corrected chi connectivity index (χ3v) is 10.3. The first kappa shape index (κ1) is 46.6. The SMILES string of the molecule is CC(C)/C(O)=C/C(=O)C(F)(F)F.Cc1cc(C)c(-c2sc3c(-c4[c-]c5ccccc5c(C(C)(C)C)c4)ncc(C(F)(C(F)(F)F)C(F)(F)F)c3c2C)c(C)c1.[Ir]. The van der Waals surface area contributed by atoms with Gasteiger partial charge in [0.2, 0.25) is 0 Å². The van der Waals surface area contributed by atoms with Crippen LogP contribution in [-0.4, -0.2) is 34.4 Å². The van der Waals surface area contributed by atoms with E-state index in [0.717, 1.165) is 39.0 Å². The zero-order valence-corrected chi connectivity index (χ0v) is 34.8. The Kier molecular flexibility index (Phi) is 13.5. The fraction of sp³-hybridized carbons (Fsp3) is 0.366. The molecular formula is C41H38F10IrNO2S-. The van der Waals surface area contributed by atoms with Gasteiger partial charge < -0.3 is 5.11 Å². The van der Waals surface area contributed by atoms with E-state index in [-0.39, 0.29) is 47.6 Å². The third-order valence-electron chi connectivity index (χ3n) is 9.00. The molecule has 1 radical (unpaired) electrons. The molecule has 56 heavy (non-hydrogen) atoms. The van der Waals surface area contributed by atoms with Gasteiger partial charge in [0, 0.05) is 59.1 Å². The van der Waals surface area contributed by atoms with E-state index in [1.165, 1.54) is 20.8 Å². The number of halogens is 10. The number of allylic oxidation sites excluding steroid dienone is 2. The summed E-state index contributed by atoms with van der Waals surface area (Å²) in [6.07, 6.45) is -16.9. The molecule has 15 heteroatoms. The first-order valence-electron chi connectivity index (χ1n) is 16.8. The largest absolute Gasteiger partial charge is 0.512 e. The van der Waals surface area contributed by atoms with Gasteiger partial charge in [-0.05, 0) is 60.7 Å². The summed E-state index contributed by atoms with van der Waals surface area (Å²) in [6.45, 7) is 16.0. The Morgan fingerprint density at radius 2 is 1.38 bits per heavy atom. The zero-order chi connectivity index (χ0) is 41.8. The Labute approximate surface area is 335 Å². The van der Waals surface area contributed by atoms with Crippen molar-refractivity contribution in [1.82, 2.24) is 4.98 Å². The first-order chi connectivity index (χ1) is 25.0. The van der Waals surface area contributed by atoms with Gasteiger partial charge in [0.05, 0.1) is 5.76 Å². The van der Waals surface area contributed by atoms with E-state index in [1.807, 2.05) is 84.0 Å². The molecule has 5 aromatic rings. The van der Waals surface area contributed by atoms with Crippen molar-refractivity contribution in [2.45, 2.75) is 91.9 Å². The Morgan fingerprint density at radius 1 is 0.839 bits per heavy atom. The molecule has 2 heterocycles. The van der Waals surface area contributed by atoms with Crippen LogP contribution in [0.3, 0.4) is 0 Å².